The van der Waals surface area contributed by atoms with Gasteiger partial charge in [0.1, 0.15) is 29.3 Å². The van der Waals surface area contributed by atoms with Gasteiger partial charge in [0, 0.05) is 25.2 Å². The molecular formula is C49H74N5O11P. The van der Waals surface area contributed by atoms with E-state index in [-0.39, 0.29) is 50.1 Å². The normalized spacial score (nSPS) is 19.0. The first-order valence-electron chi connectivity index (χ1n) is 24.0. The van der Waals surface area contributed by atoms with Crippen LogP contribution in [0.2, 0.25) is 0 Å². The highest BCUT2D eigenvalue weighted by Crippen LogP contribution is 2.51. The molecule has 3 heterocycles. The van der Waals surface area contributed by atoms with Crippen LogP contribution in [-0.4, -0.2) is 75.2 Å². The summed E-state index contributed by atoms with van der Waals surface area (Å²) in [4.78, 5) is 14.9. The summed E-state index contributed by atoms with van der Waals surface area (Å²) in [6, 6.07) is 18.4. The molecule has 1 fully saturated rings. The zero-order valence-corrected chi connectivity index (χ0v) is 40.5. The van der Waals surface area contributed by atoms with Crippen molar-refractivity contribution in [1.82, 2.24) is 14.6 Å². The van der Waals surface area contributed by atoms with E-state index < -0.39 is 42.4 Å². The molecule has 0 aliphatic carbocycles. The van der Waals surface area contributed by atoms with E-state index in [1.165, 1.54) is 134 Å². The maximum absolute atomic E-state index is 14.6. The number of aromatic nitrogens is 3. The molecule has 1 aliphatic rings. The number of hydrogen-bond acceptors (Lipinski definition) is 14. The number of nitrogen functional groups attached to an aromatic ring is 1. The second-order valence-electron chi connectivity index (χ2n) is 18.0. The fourth-order valence-corrected chi connectivity index (χ4v) is 9.45. The molecule has 1 saturated heterocycles. The number of hydrogen-bond donors (Lipinski definition) is 2. The highest BCUT2D eigenvalue weighted by Gasteiger charge is 2.51. The Kier molecular flexibility index (Phi) is 21.8. The number of phosphoric acid groups is 1. The summed E-state index contributed by atoms with van der Waals surface area (Å²) in [5.74, 6) is -1.23. The number of aliphatic hydroxyl groups is 1. The number of nitrogens with two attached hydrogens (primary N) is 1. The van der Waals surface area contributed by atoms with Crippen LogP contribution in [0.4, 0.5) is 11.5 Å². The van der Waals surface area contributed by atoms with E-state index >= 15 is 0 Å². The summed E-state index contributed by atoms with van der Waals surface area (Å²) in [6.07, 6.45) is 20.0. The lowest BCUT2D eigenvalue weighted by Crippen LogP contribution is -2.41. The van der Waals surface area contributed by atoms with Crippen molar-refractivity contribution in [3.63, 3.8) is 0 Å². The predicted molar refractivity (Wildman–Crippen MR) is 254 cm³/mol. The lowest BCUT2D eigenvalue weighted by Gasteiger charge is -2.34. The molecule has 1 aliphatic heterocycles. The average Bonchev–Trinajstić information content (AvgIpc) is 3.88. The zero-order valence-electron chi connectivity index (χ0n) is 39.6. The van der Waals surface area contributed by atoms with Gasteiger partial charge in [-0.15, -0.1) is 0 Å². The Balaban J connectivity index is 1.16. The SMILES string of the molecule is CCCCCCCCCCCCCCCCCCOC[C@H](COP(=O)(OC[C@@H]1C[C@@H](OC(C)(C)O)[C@](C)(c2ccc3c(N)ncnn23)O1)Oc1ccc([N+](=O)[O-])cc1)OCc1ccccc1. The molecule has 3 N–H and O–H groups in total. The van der Waals surface area contributed by atoms with Crippen LogP contribution in [-0.2, 0) is 44.8 Å². The zero-order chi connectivity index (χ0) is 47.3. The Morgan fingerprint density at radius 1 is 0.894 bits per heavy atom. The van der Waals surface area contributed by atoms with Crippen LogP contribution >= 0.6 is 7.82 Å². The van der Waals surface area contributed by atoms with Gasteiger partial charge in [-0.05, 0) is 57.0 Å². The number of nitro groups is 1. The number of anilines is 1. The van der Waals surface area contributed by atoms with Crippen LogP contribution in [0.3, 0.4) is 0 Å². The number of ether oxygens (including phenoxy) is 4. The maximum atomic E-state index is 14.6. The quantitative estimate of drug-likeness (QED) is 0.0147. The number of nitro benzene ring substituents is 1. The average molecular weight is 940 g/mol. The highest BCUT2D eigenvalue weighted by molar-refractivity contribution is 7.48. The molecular weight excluding hydrogens is 866 g/mol. The predicted octanol–water partition coefficient (Wildman–Crippen LogP) is 11.4. The summed E-state index contributed by atoms with van der Waals surface area (Å²) in [5, 5.41) is 26.5. The van der Waals surface area contributed by atoms with Crippen LogP contribution in [0.5, 0.6) is 5.75 Å². The van der Waals surface area contributed by atoms with Crippen molar-refractivity contribution >= 4 is 24.8 Å². The maximum Gasteiger partial charge on any atom is 0.530 e. The topological polar surface area (TPSA) is 201 Å². The molecule has 5 atom stereocenters. The summed E-state index contributed by atoms with van der Waals surface area (Å²) < 4.78 is 59.3. The van der Waals surface area contributed by atoms with Gasteiger partial charge in [0.2, 0.25) is 0 Å². The van der Waals surface area contributed by atoms with Crippen LogP contribution in [0, 0.1) is 10.1 Å². The first-order chi connectivity index (χ1) is 31.8. The standard InChI is InChI=1S/C49H74N5O11P/c1-5-6-7-8-9-10-11-12-13-14-15-16-17-18-19-23-32-59-35-43(60-34-39-24-21-20-22-25-39)37-62-66(58,65-41-28-26-40(27-29-41)54(56)57)61-36-42-33-46(64-48(2,3)55)49(4,63-42)45-31-30-44-47(50)51-38-52-53(44)45/h20-22,24-31,38,42-43,46,55H,5-19,23,32-37H2,1-4H3,(H2,50,51,52)/t42-,43+,46+,49-,66?/m0/s1. The van der Waals surface area contributed by atoms with E-state index in [9.17, 15) is 19.8 Å². The number of benzene rings is 2. The van der Waals surface area contributed by atoms with E-state index in [0.717, 1.165) is 18.4 Å². The second kappa shape index (κ2) is 27.1. The van der Waals surface area contributed by atoms with Gasteiger partial charge in [-0.1, -0.05) is 134 Å². The lowest BCUT2D eigenvalue weighted by molar-refractivity contribution is -0.384. The molecule has 1 unspecified atom stereocenters. The fraction of sp³-hybridized carbons (Fsp3) is 0.633. The van der Waals surface area contributed by atoms with Crippen LogP contribution in [0.1, 0.15) is 148 Å². The number of nitrogens with zero attached hydrogens (tertiary/aromatic N) is 4. The van der Waals surface area contributed by atoms with Crippen LogP contribution < -0.4 is 10.3 Å². The molecule has 5 rings (SSSR count). The van der Waals surface area contributed by atoms with Crippen molar-refractivity contribution < 1.29 is 47.1 Å². The van der Waals surface area contributed by atoms with Gasteiger partial charge in [0.05, 0.1) is 49.3 Å². The van der Waals surface area contributed by atoms with E-state index in [1.54, 1.807) is 16.6 Å². The number of unbranched alkanes of at least 4 members (excludes halogenated alkanes) is 15. The summed E-state index contributed by atoms with van der Waals surface area (Å²) in [5.41, 5.74) is 6.86. The first-order valence-corrected chi connectivity index (χ1v) is 25.5. The molecule has 0 spiro atoms. The minimum atomic E-state index is -4.49. The van der Waals surface area contributed by atoms with Crippen molar-refractivity contribution in [2.45, 2.75) is 173 Å². The van der Waals surface area contributed by atoms with Crippen molar-refractivity contribution in [2.24, 2.45) is 0 Å². The van der Waals surface area contributed by atoms with Gasteiger partial charge in [-0.2, -0.15) is 5.10 Å². The molecule has 0 amide bonds. The minimum absolute atomic E-state index is 0.0304. The smallest absolute Gasteiger partial charge is 0.404 e. The van der Waals surface area contributed by atoms with Gasteiger partial charge in [0.25, 0.3) is 5.69 Å². The number of fused-ring (bicyclic) bond motifs is 1. The van der Waals surface area contributed by atoms with Gasteiger partial charge < -0.3 is 34.3 Å². The molecule has 366 valence electrons. The molecule has 2 aromatic heterocycles. The van der Waals surface area contributed by atoms with Gasteiger partial charge in [-0.3, -0.25) is 19.2 Å². The summed E-state index contributed by atoms with van der Waals surface area (Å²) in [7, 11) is -4.49. The van der Waals surface area contributed by atoms with Crippen LogP contribution in [0.15, 0.2) is 73.1 Å². The Morgan fingerprint density at radius 3 is 2.12 bits per heavy atom. The monoisotopic (exact) mass is 940 g/mol. The van der Waals surface area contributed by atoms with E-state index in [4.69, 9.17) is 38.3 Å². The molecule has 17 heteroatoms. The van der Waals surface area contributed by atoms with Crippen molar-refractivity contribution in [3.05, 3.63) is 94.4 Å². The van der Waals surface area contributed by atoms with E-state index in [2.05, 4.69) is 17.0 Å². The number of phosphoric ester groups is 1. The minimum Gasteiger partial charge on any atom is -0.404 e. The number of non-ortho nitro benzene ring substituents is 1. The third-order valence-corrected chi connectivity index (χ3v) is 13.2. The molecule has 16 nitrogen and oxygen atoms in total. The van der Waals surface area contributed by atoms with Crippen LogP contribution in [0.25, 0.3) is 5.52 Å². The Morgan fingerprint density at radius 2 is 1.52 bits per heavy atom. The summed E-state index contributed by atoms with van der Waals surface area (Å²) in [6.45, 7) is 7.58. The third-order valence-electron chi connectivity index (χ3n) is 11.8. The Labute approximate surface area is 391 Å². The van der Waals surface area contributed by atoms with E-state index in [0.29, 0.717) is 17.8 Å². The highest BCUT2D eigenvalue weighted by atomic mass is 31.2. The molecule has 2 aromatic carbocycles. The second-order valence-corrected chi connectivity index (χ2v) is 19.6. The summed E-state index contributed by atoms with van der Waals surface area (Å²) >= 11 is 0. The molecule has 0 radical (unpaired) electrons. The van der Waals surface area contributed by atoms with Crippen molar-refractivity contribution in [2.75, 3.05) is 32.2 Å². The molecule has 0 bridgehead atoms. The Hall–Kier alpha value is -3.99. The van der Waals surface area contributed by atoms with Gasteiger partial charge >= 0.3 is 7.82 Å². The number of rotatable bonds is 34. The van der Waals surface area contributed by atoms with Gasteiger partial charge in [0.15, 0.2) is 11.6 Å². The van der Waals surface area contributed by atoms with E-state index in [1.807, 2.05) is 37.3 Å². The molecule has 4 aromatic rings. The molecule has 0 saturated carbocycles. The lowest BCUT2D eigenvalue weighted by atomic mass is 9.94. The molecule has 66 heavy (non-hydrogen) atoms. The fourth-order valence-electron chi connectivity index (χ4n) is 8.19. The third kappa shape index (κ3) is 17.6. The van der Waals surface area contributed by atoms with Crippen molar-refractivity contribution in [1.29, 1.82) is 0 Å². The largest absolute Gasteiger partial charge is 0.530 e. The Bertz CT molecular complexity index is 2050. The van der Waals surface area contributed by atoms with Crippen molar-refractivity contribution in [3.8, 4) is 5.75 Å². The first kappa shape index (κ1) is 53.0. The van der Waals surface area contributed by atoms with Gasteiger partial charge in [-0.25, -0.2) is 14.1 Å².